The summed E-state index contributed by atoms with van der Waals surface area (Å²) in [6, 6.07) is 0. The molecular weight excluding hydrogens is 176 g/mol. The molecule has 0 aromatic carbocycles. The molecule has 0 saturated heterocycles. The van der Waals surface area contributed by atoms with Gasteiger partial charge in [0, 0.05) is 0 Å². The summed E-state index contributed by atoms with van der Waals surface area (Å²) in [5.41, 5.74) is 0. The van der Waals surface area contributed by atoms with Crippen LogP contribution in [0.15, 0.2) is 0 Å². The lowest BCUT2D eigenvalue weighted by atomic mass is 10.7. The zero-order valence-electron chi connectivity index (χ0n) is 7.65. The van der Waals surface area contributed by atoms with Crippen LogP contribution < -0.4 is 0 Å². The van der Waals surface area contributed by atoms with Crippen molar-refractivity contribution in [3.63, 3.8) is 0 Å². The number of aliphatic hydroxyl groups is 2. The van der Waals surface area contributed by atoms with E-state index in [4.69, 9.17) is 24.4 Å². The highest BCUT2D eigenvalue weighted by atomic mass is 16.5. The summed E-state index contributed by atoms with van der Waals surface area (Å²) in [6.07, 6.45) is 0. The van der Waals surface area contributed by atoms with Crippen LogP contribution in [0.4, 0.5) is 0 Å². The Morgan fingerprint density at radius 1 is 0.846 bits per heavy atom. The van der Waals surface area contributed by atoms with Gasteiger partial charge in [-0.2, -0.15) is 4.74 Å². The average Bonchev–Trinajstić information content (AvgIpc) is 2.16. The number of rotatable bonds is 10. The van der Waals surface area contributed by atoms with Crippen LogP contribution >= 0.6 is 0 Å². The van der Waals surface area contributed by atoms with Crippen LogP contribution in [-0.2, 0) is 14.2 Å². The smallest absolute Gasteiger partial charge is 0.254 e. The van der Waals surface area contributed by atoms with Crippen molar-refractivity contribution < 1.29 is 24.4 Å². The highest BCUT2D eigenvalue weighted by molar-refractivity contribution is 4.43. The molecule has 5 nitrogen and oxygen atoms in total. The Bertz CT molecular complexity index is 78.6. The third kappa shape index (κ3) is 11.7. The third-order valence-corrected chi connectivity index (χ3v) is 1.15. The normalized spacial score (nSPS) is 10.3. The van der Waals surface area contributed by atoms with Gasteiger partial charge in [0.15, 0.2) is 0 Å². The van der Waals surface area contributed by atoms with Crippen molar-refractivity contribution in [3.8, 4) is 0 Å². The van der Waals surface area contributed by atoms with Crippen LogP contribution in [0, 0.1) is 6.61 Å². The molecule has 0 amide bonds. The van der Waals surface area contributed by atoms with E-state index in [1.165, 1.54) is 6.61 Å². The van der Waals surface area contributed by atoms with E-state index in [0.717, 1.165) is 0 Å². The fourth-order valence-corrected chi connectivity index (χ4v) is 0.630. The van der Waals surface area contributed by atoms with Gasteiger partial charge in [-0.05, 0) is 0 Å². The standard InChI is InChI=1S/C8H17O5/c9-1-3-11-5-7-13-8-6-12-4-2-10/h3,9-10H,1-2,4-8H2/q+1. The van der Waals surface area contributed by atoms with Gasteiger partial charge in [0.25, 0.3) is 6.61 Å². The van der Waals surface area contributed by atoms with E-state index in [0.29, 0.717) is 33.0 Å². The van der Waals surface area contributed by atoms with Crippen molar-refractivity contribution in [2.24, 2.45) is 0 Å². The summed E-state index contributed by atoms with van der Waals surface area (Å²) in [4.78, 5) is 0. The second-order valence-electron chi connectivity index (χ2n) is 2.17. The Kier molecular flexibility index (Phi) is 11.4. The van der Waals surface area contributed by atoms with Crippen LogP contribution in [0.1, 0.15) is 0 Å². The Balaban J connectivity index is 2.76. The predicted octanol–water partition coefficient (Wildman–Crippen LogP) is -0.817. The highest BCUT2D eigenvalue weighted by Crippen LogP contribution is 1.82. The Morgan fingerprint density at radius 2 is 1.46 bits per heavy atom. The Hall–Kier alpha value is -0.330. The Morgan fingerprint density at radius 3 is 2.08 bits per heavy atom. The molecule has 0 rings (SSSR count). The zero-order chi connectivity index (χ0) is 9.78. The van der Waals surface area contributed by atoms with Crippen molar-refractivity contribution in [2.45, 2.75) is 0 Å². The summed E-state index contributed by atoms with van der Waals surface area (Å²) in [6.45, 7) is 3.48. The number of hydrogen-bond acceptors (Lipinski definition) is 5. The van der Waals surface area contributed by atoms with Crippen LogP contribution in [0.25, 0.3) is 0 Å². The molecule has 0 saturated carbocycles. The molecule has 0 fully saturated rings. The van der Waals surface area contributed by atoms with Gasteiger partial charge in [0.05, 0.1) is 33.0 Å². The average molecular weight is 193 g/mol. The van der Waals surface area contributed by atoms with E-state index in [-0.39, 0.29) is 13.2 Å². The first-order chi connectivity index (χ1) is 6.41. The minimum Gasteiger partial charge on any atom is -0.394 e. The molecule has 0 heterocycles. The summed E-state index contributed by atoms with van der Waals surface area (Å²) < 4.78 is 14.9. The minimum absolute atomic E-state index is 0.0363. The third-order valence-electron chi connectivity index (χ3n) is 1.15. The molecule has 0 aromatic heterocycles. The van der Waals surface area contributed by atoms with E-state index in [9.17, 15) is 0 Å². The molecule has 2 N–H and O–H groups in total. The van der Waals surface area contributed by atoms with Gasteiger partial charge in [-0.25, -0.2) is 0 Å². The first kappa shape index (κ1) is 12.7. The molecule has 0 atom stereocenters. The quantitative estimate of drug-likeness (QED) is 0.350. The molecule has 0 aliphatic heterocycles. The maximum absolute atomic E-state index is 8.35. The molecule has 5 heteroatoms. The topological polar surface area (TPSA) is 68.2 Å². The van der Waals surface area contributed by atoms with Crippen molar-refractivity contribution in [3.05, 3.63) is 6.61 Å². The predicted molar refractivity (Wildman–Crippen MR) is 46.1 cm³/mol. The maximum atomic E-state index is 8.35. The lowest BCUT2D eigenvalue weighted by Gasteiger charge is -2.02. The van der Waals surface area contributed by atoms with E-state index in [1.807, 2.05) is 0 Å². The van der Waals surface area contributed by atoms with Crippen molar-refractivity contribution in [2.75, 3.05) is 46.2 Å². The number of ether oxygens (including phenoxy) is 3. The Labute approximate surface area is 78.2 Å². The van der Waals surface area contributed by atoms with Crippen molar-refractivity contribution in [1.82, 2.24) is 0 Å². The second-order valence-corrected chi connectivity index (χ2v) is 2.17. The SMILES string of the molecule is OC[CH+]OCCOCCOCCO. The van der Waals surface area contributed by atoms with E-state index in [2.05, 4.69) is 0 Å². The fraction of sp³-hybridized carbons (Fsp3) is 0.875. The summed E-state index contributed by atoms with van der Waals surface area (Å²) in [5, 5.41) is 16.7. The maximum Gasteiger partial charge on any atom is 0.254 e. The first-order valence-corrected chi connectivity index (χ1v) is 4.22. The first-order valence-electron chi connectivity index (χ1n) is 4.22. The van der Waals surface area contributed by atoms with Crippen LogP contribution in [0.3, 0.4) is 0 Å². The molecular formula is C8H17O5+. The molecule has 0 unspecified atom stereocenters. The van der Waals surface area contributed by atoms with Crippen molar-refractivity contribution in [1.29, 1.82) is 0 Å². The van der Waals surface area contributed by atoms with Gasteiger partial charge < -0.3 is 19.7 Å². The summed E-state index contributed by atoms with van der Waals surface area (Å²) in [7, 11) is 0. The van der Waals surface area contributed by atoms with Crippen molar-refractivity contribution >= 4 is 0 Å². The van der Waals surface area contributed by atoms with Crippen LogP contribution in [-0.4, -0.2) is 56.5 Å². The number of hydrogen-bond donors (Lipinski definition) is 2. The van der Waals surface area contributed by atoms with E-state index < -0.39 is 0 Å². The van der Waals surface area contributed by atoms with Crippen LogP contribution in [0.2, 0.25) is 0 Å². The molecule has 13 heavy (non-hydrogen) atoms. The van der Waals surface area contributed by atoms with Gasteiger partial charge >= 0.3 is 0 Å². The molecule has 0 aromatic rings. The molecule has 0 radical (unpaired) electrons. The molecule has 0 aliphatic carbocycles. The molecule has 0 spiro atoms. The summed E-state index contributed by atoms with van der Waals surface area (Å²) >= 11 is 0. The van der Waals surface area contributed by atoms with E-state index in [1.54, 1.807) is 0 Å². The fourth-order valence-electron chi connectivity index (χ4n) is 0.630. The monoisotopic (exact) mass is 193 g/mol. The van der Waals surface area contributed by atoms with Gasteiger partial charge in [-0.15, -0.1) is 0 Å². The van der Waals surface area contributed by atoms with Gasteiger partial charge in [0.1, 0.15) is 6.61 Å². The zero-order valence-corrected chi connectivity index (χ0v) is 7.65. The lowest BCUT2D eigenvalue weighted by Crippen LogP contribution is -2.10. The summed E-state index contributed by atoms with van der Waals surface area (Å²) in [5.74, 6) is 0. The minimum atomic E-state index is -0.0837. The largest absolute Gasteiger partial charge is 0.394 e. The molecule has 78 valence electrons. The van der Waals surface area contributed by atoms with E-state index >= 15 is 0 Å². The molecule has 0 aliphatic rings. The van der Waals surface area contributed by atoms with Gasteiger partial charge in [-0.1, -0.05) is 0 Å². The van der Waals surface area contributed by atoms with Gasteiger partial charge in [0.2, 0.25) is 6.61 Å². The number of aliphatic hydroxyl groups excluding tert-OH is 2. The highest BCUT2D eigenvalue weighted by Gasteiger charge is 1.95. The lowest BCUT2D eigenvalue weighted by molar-refractivity contribution is 0.0137. The van der Waals surface area contributed by atoms with Crippen LogP contribution in [0.5, 0.6) is 0 Å². The second kappa shape index (κ2) is 11.7. The van der Waals surface area contributed by atoms with Gasteiger partial charge in [-0.3, -0.25) is 0 Å². The molecule has 0 bridgehead atoms.